The number of hydrogen-bond donors (Lipinski definition) is 2. The van der Waals surface area contributed by atoms with Gasteiger partial charge >= 0.3 is 0 Å². The van der Waals surface area contributed by atoms with Gasteiger partial charge in [0.15, 0.2) is 0 Å². The molecule has 2 heterocycles. The van der Waals surface area contributed by atoms with Crippen LogP contribution in [0.15, 0.2) is 54.6 Å². The molecule has 2 aromatic carbocycles. The average Bonchev–Trinajstić information content (AvgIpc) is 3.04. The Morgan fingerprint density at radius 2 is 1.52 bits per heavy atom. The van der Waals surface area contributed by atoms with E-state index in [1.807, 2.05) is 32.0 Å². The number of carbonyl (C=O) groups excluding carboxylic acids is 3. The first-order valence-corrected chi connectivity index (χ1v) is 10.4. The highest BCUT2D eigenvalue weighted by Crippen LogP contribution is 2.25. The standard InChI is InChI=1S/C24H24N6O3/c1-14(30-23(32)18-7-5-6-8-19(18)24(30)33)22(31)28-17-11-9-16(10-12-17)27-20-13-21(29(3)4)26-15(2)25-20/h5-14H,1-4H3,(H,28,31)(H,25,26,27). The molecule has 0 fully saturated rings. The molecule has 9 nitrogen and oxygen atoms in total. The molecule has 1 unspecified atom stereocenters. The van der Waals surface area contributed by atoms with Gasteiger partial charge in [-0.15, -0.1) is 0 Å². The molecule has 1 aliphatic heterocycles. The maximum Gasteiger partial charge on any atom is 0.262 e. The number of amides is 3. The molecule has 9 heteroatoms. The number of benzene rings is 2. The Morgan fingerprint density at radius 3 is 2.09 bits per heavy atom. The topological polar surface area (TPSA) is 108 Å². The van der Waals surface area contributed by atoms with Crippen molar-refractivity contribution in [3.05, 3.63) is 71.5 Å². The average molecular weight is 444 g/mol. The number of anilines is 4. The fourth-order valence-corrected chi connectivity index (χ4v) is 3.55. The van der Waals surface area contributed by atoms with Crippen LogP contribution in [0.25, 0.3) is 0 Å². The second kappa shape index (κ2) is 8.70. The maximum absolute atomic E-state index is 12.8. The summed E-state index contributed by atoms with van der Waals surface area (Å²) in [6.07, 6.45) is 0. The highest BCUT2D eigenvalue weighted by molar-refractivity contribution is 6.23. The van der Waals surface area contributed by atoms with Crippen LogP contribution in [0.4, 0.5) is 23.0 Å². The molecule has 33 heavy (non-hydrogen) atoms. The van der Waals surface area contributed by atoms with Crippen LogP contribution < -0.4 is 15.5 Å². The number of aryl methyl sites for hydroxylation is 1. The van der Waals surface area contributed by atoms with Crippen LogP contribution in [0.1, 0.15) is 33.5 Å². The number of nitrogens with one attached hydrogen (secondary N) is 2. The summed E-state index contributed by atoms with van der Waals surface area (Å²) in [7, 11) is 3.82. The van der Waals surface area contributed by atoms with Crippen molar-refractivity contribution >= 4 is 40.7 Å². The molecule has 0 aliphatic carbocycles. The van der Waals surface area contributed by atoms with E-state index in [1.165, 1.54) is 6.92 Å². The first-order chi connectivity index (χ1) is 15.7. The van der Waals surface area contributed by atoms with Gasteiger partial charge in [0.25, 0.3) is 11.8 Å². The van der Waals surface area contributed by atoms with Crippen molar-refractivity contribution in [2.45, 2.75) is 19.9 Å². The summed E-state index contributed by atoms with van der Waals surface area (Å²) < 4.78 is 0. The zero-order valence-corrected chi connectivity index (χ0v) is 18.8. The molecule has 0 radical (unpaired) electrons. The molecule has 1 aliphatic rings. The van der Waals surface area contributed by atoms with Gasteiger partial charge < -0.3 is 15.5 Å². The highest BCUT2D eigenvalue weighted by Gasteiger charge is 2.40. The molecular weight excluding hydrogens is 420 g/mol. The van der Waals surface area contributed by atoms with Crippen molar-refractivity contribution in [2.75, 3.05) is 29.6 Å². The Morgan fingerprint density at radius 1 is 0.939 bits per heavy atom. The third-order valence-corrected chi connectivity index (χ3v) is 5.30. The predicted molar refractivity (Wildman–Crippen MR) is 126 cm³/mol. The van der Waals surface area contributed by atoms with E-state index in [9.17, 15) is 14.4 Å². The van der Waals surface area contributed by atoms with Gasteiger partial charge in [0, 0.05) is 31.5 Å². The van der Waals surface area contributed by atoms with Crippen molar-refractivity contribution < 1.29 is 14.4 Å². The second-order valence-electron chi connectivity index (χ2n) is 7.95. The highest BCUT2D eigenvalue weighted by atomic mass is 16.2. The number of aromatic nitrogens is 2. The van der Waals surface area contributed by atoms with Gasteiger partial charge in [0.1, 0.15) is 23.5 Å². The van der Waals surface area contributed by atoms with Gasteiger partial charge in [-0.1, -0.05) is 12.1 Å². The molecule has 4 rings (SSSR count). The van der Waals surface area contributed by atoms with Gasteiger partial charge in [-0.3, -0.25) is 19.3 Å². The summed E-state index contributed by atoms with van der Waals surface area (Å²) in [6.45, 7) is 3.36. The van der Waals surface area contributed by atoms with E-state index in [-0.39, 0.29) is 0 Å². The Balaban J connectivity index is 1.43. The molecule has 0 saturated heterocycles. The summed E-state index contributed by atoms with van der Waals surface area (Å²) in [5.41, 5.74) is 1.95. The van der Waals surface area contributed by atoms with E-state index in [0.29, 0.717) is 28.5 Å². The third-order valence-electron chi connectivity index (χ3n) is 5.30. The molecule has 1 atom stereocenters. The molecule has 3 aromatic rings. The minimum Gasteiger partial charge on any atom is -0.363 e. The Bertz CT molecular complexity index is 1200. The van der Waals surface area contributed by atoms with E-state index < -0.39 is 23.8 Å². The van der Waals surface area contributed by atoms with E-state index in [2.05, 4.69) is 20.6 Å². The number of nitrogens with zero attached hydrogens (tertiary/aromatic N) is 4. The first kappa shape index (κ1) is 21.9. The predicted octanol–water partition coefficient (Wildman–Crippen LogP) is 3.22. The van der Waals surface area contributed by atoms with E-state index in [4.69, 9.17) is 0 Å². The fourth-order valence-electron chi connectivity index (χ4n) is 3.55. The van der Waals surface area contributed by atoms with Gasteiger partial charge in [0.2, 0.25) is 5.91 Å². The van der Waals surface area contributed by atoms with Gasteiger partial charge in [0.05, 0.1) is 11.1 Å². The quantitative estimate of drug-likeness (QED) is 0.562. The lowest BCUT2D eigenvalue weighted by molar-refractivity contribution is -0.119. The van der Waals surface area contributed by atoms with Crippen molar-refractivity contribution in [1.82, 2.24) is 14.9 Å². The van der Waals surface area contributed by atoms with Crippen LogP contribution >= 0.6 is 0 Å². The molecule has 3 amide bonds. The number of hydrogen-bond acceptors (Lipinski definition) is 7. The smallest absolute Gasteiger partial charge is 0.262 e. The third kappa shape index (κ3) is 4.38. The summed E-state index contributed by atoms with van der Waals surface area (Å²) in [4.78, 5) is 49.7. The Kier molecular flexibility index (Phi) is 5.78. The monoisotopic (exact) mass is 444 g/mol. The maximum atomic E-state index is 12.8. The van der Waals surface area contributed by atoms with Crippen LogP contribution in [0.5, 0.6) is 0 Å². The summed E-state index contributed by atoms with van der Waals surface area (Å²) in [6, 6.07) is 14.5. The summed E-state index contributed by atoms with van der Waals surface area (Å²) in [5.74, 6) is 0.713. The molecule has 1 aromatic heterocycles. The van der Waals surface area contributed by atoms with Gasteiger partial charge in [-0.25, -0.2) is 9.97 Å². The number of imide groups is 1. The zero-order valence-electron chi connectivity index (χ0n) is 18.8. The number of rotatable bonds is 6. The number of fused-ring (bicyclic) bond motifs is 1. The minimum atomic E-state index is -0.955. The van der Waals surface area contributed by atoms with E-state index in [0.717, 1.165) is 16.4 Å². The SMILES string of the molecule is Cc1nc(Nc2ccc(NC(=O)C(C)N3C(=O)c4ccccc4C3=O)cc2)cc(N(C)C)n1. The van der Waals surface area contributed by atoms with Crippen LogP contribution in [0, 0.1) is 6.92 Å². The molecule has 0 bridgehead atoms. The lowest BCUT2D eigenvalue weighted by Crippen LogP contribution is -2.45. The fraction of sp³-hybridized carbons (Fsp3) is 0.208. The molecular formula is C24H24N6O3. The van der Waals surface area contributed by atoms with Crippen LogP contribution in [0.3, 0.4) is 0 Å². The van der Waals surface area contributed by atoms with Crippen molar-refractivity contribution in [3.63, 3.8) is 0 Å². The normalized spacial score (nSPS) is 13.5. The lowest BCUT2D eigenvalue weighted by atomic mass is 10.1. The van der Waals surface area contributed by atoms with E-state index >= 15 is 0 Å². The molecule has 2 N–H and O–H groups in total. The zero-order chi connectivity index (χ0) is 23.7. The summed E-state index contributed by atoms with van der Waals surface area (Å²) >= 11 is 0. The minimum absolute atomic E-state index is 0.315. The van der Waals surface area contributed by atoms with Crippen LogP contribution in [0.2, 0.25) is 0 Å². The largest absolute Gasteiger partial charge is 0.363 e. The van der Waals surface area contributed by atoms with Crippen molar-refractivity contribution in [3.8, 4) is 0 Å². The van der Waals surface area contributed by atoms with E-state index in [1.54, 1.807) is 48.5 Å². The molecule has 0 spiro atoms. The van der Waals surface area contributed by atoms with Crippen LogP contribution in [-0.4, -0.2) is 52.7 Å². The van der Waals surface area contributed by atoms with Crippen molar-refractivity contribution in [1.29, 1.82) is 0 Å². The first-order valence-electron chi connectivity index (χ1n) is 10.4. The number of carbonyl (C=O) groups is 3. The Labute approximate surface area is 191 Å². The molecule has 168 valence electrons. The molecule has 0 saturated carbocycles. The van der Waals surface area contributed by atoms with Gasteiger partial charge in [-0.05, 0) is 50.2 Å². The lowest BCUT2D eigenvalue weighted by Gasteiger charge is -2.21. The second-order valence-corrected chi connectivity index (χ2v) is 7.95. The van der Waals surface area contributed by atoms with Crippen molar-refractivity contribution in [2.24, 2.45) is 0 Å². The summed E-state index contributed by atoms with van der Waals surface area (Å²) in [5, 5.41) is 5.99. The van der Waals surface area contributed by atoms with Crippen LogP contribution in [-0.2, 0) is 4.79 Å². The van der Waals surface area contributed by atoms with Gasteiger partial charge in [-0.2, -0.15) is 0 Å². The Hall–Kier alpha value is -4.27.